The number of rotatable bonds is 6. The van der Waals surface area contributed by atoms with E-state index in [-0.39, 0.29) is 11.9 Å². The minimum atomic E-state index is -0.574. The van der Waals surface area contributed by atoms with Crippen LogP contribution in [0.15, 0.2) is 35.5 Å². The van der Waals surface area contributed by atoms with Crippen molar-refractivity contribution in [3.8, 4) is 5.75 Å². The number of aliphatic imine (C=N–C) groups is 1. The molecule has 0 spiro atoms. The number of amides is 3. The van der Waals surface area contributed by atoms with E-state index in [1.807, 2.05) is 42.0 Å². The Labute approximate surface area is 169 Å². The third kappa shape index (κ3) is 3.12. The number of carbonyl (C=O) groups is 2. The van der Waals surface area contributed by atoms with Gasteiger partial charge in [-0.1, -0.05) is 4.99 Å². The Bertz CT molecular complexity index is 994. The molecule has 1 N–H and O–H groups in total. The zero-order valence-electron chi connectivity index (χ0n) is 17.0. The van der Waals surface area contributed by atoms with Gasteiger partial charge in [0.2, 0.25) is 11.9 Å². The Morgan fingerprint density at radius 2 is 1.90 bits per heavy atom. The number of imide groups is 1. The molecular formula is C20H25N6O3+. The van der Waals surface area contributed by atoms with Gasteiger partial charge in [-0.05, 0) is 37.6 Å². The van der Waals surface area contributed by atoms with E-state index in [9.17, 15) is 9.59 Å². The standard InChI is InChI=1S/C20H25N6O3/c1-13-12-26-16-17(23(2)20(28)24(3)18(16)27)22-19(26)25(13)11-5-10-21-14-6-8-15(29-4)9-7-14/h6-9,12,16,21H,5,10-11H2,1-4H3/q+1. The Morgan fingerprint density at radius 1 is 1.17 bits per heavy atom. The first-order valence-electron chi connectivity index (χ1n) is 9.55. The lowest BCUT2D eigenvalue weighted by Gasteiger charge is -2.30. The van der Waals surface area contributed by atoms with Gasteiger partial charge in [0.05, 0.1) is 13.7 Å². The number of methoxy groups -OCH3 is 1. The Morgan fingerprint density at radius 3 is 2.59 bits per heavy atom. The van der Waals surface area contributed by atoms with Crippen LogP contribution in [0.25, 0.3) is 0 Å². The third-order valence-electron chi connectivity index (χ3n) is 5.42. The number of hydrogen-bond acceptors (Lipinski definition) is 5. The summed E-state index contributed by atoms with van der Waals surface area (Å²) in [5, 5.41) is 3.40. The Balaban J connectivity index is 1.46. The molecule has 0 saturated carbocycles. The number of ether oxygens (including phenoxy) is 1. The van der Waals surface area contributed by atoms with Crippen molar-refractivity contribution in [1.82, 2.24) is 14.4 Å². The SMILES string of the molecule is COc1ccc(NCCCn2c(C)c[n+]3c2N=C2C3C(=O)N(C)C(=O)N2C)cc1. The third-order valence-corrected chi connectivity index (χ3v) is 5.42. The largest absolute Gasteiger partial charge is 0.497 e. The summed E-state index contributed by atoms with van der Waals surface area (Å²) in [5.41, 5.74) is 2.07. The smallest absolute Gasteiger partial charge is 0.401 e. The highest BCUT2D eigenvalue weighted by Gasteiger charge is 2.52. The molecule has 0 aliphatic carbocycles. The zero-order valence-corrected chi connectivity index (χ0v) is 17.0. The van der Waals surface area contributed by atoms with Crippen molar-refractivity contribution in [3.63, 3.8) is 0 Å². The van der Waals surface area contributed by atoms with Crippen molar-refractivity contribution >= 4 is 29.4 Å². The van der Waals surface area contributed by atoms with Crippen LogP contribution >= 0.6 is 0 Å². The number of likely N-dealkylation sites (N-methyl/N-ethyl adjacent to an activating group) is 2. The van der Waals surface area contributed by atoms with E-state index >= 15 is 0 Å². The van der Waals surface area contributed by atoms with Gasteiger partial charge >= 0.3 is 12.0 Å². The monoisotopic (exact) mass is 397 g/mol. The molecule has 3 heterocycles. The Kier molecular flexibility index (Phi) is 4.73. The lowest BCUT2D eigenvalue weighted by Crippen LogP contribution is -2.61. The van der Waals surface area contributed by atoms with Gasteiger partial charge in [0.25, 0.3) is 5.91 Å². The fourth-order valence-corrected chi connectivity index (χ4v) is 3.77. The van der Waals surface area contributed by atoms with Crippen LogP contribution in [0.2, 0.25) is 0 Å². The number of aromatic nitrogens is 2. The number of aryl methyl sites for hydroxylation is 1. The number of imidazole rings is 1. The summed E-state index contributed by atoms with van der Waals surface area (Å²) in [7, 11) is 4.81. The lowest BCUT2D eigenvalue weighted by molar-refractivity contribution is -0.677. The first-order chi connectivity index (χ1) is 13.9. The molecule has 2 aromatic rings. The summed E-state index contributed by atoms with van der Waals surface area (Å²) in [5.74, 6) is 1.76. The number of urea groups is 1. The summed E-state index contributed by atoms with van der Waals surface area (Å²) in [6, 6.07) is 6.88. The van der Waals surface area contributed by atoms with Gasteiger partial charge in [-0.2, -0.15) is 0 Å². The molecule has 0 bridgehead atoms. The van der Waals surface area contributed by atoms with Crippen molar-refractivity contribution in [2.24, 2.45) is 4.99 Å². The molecule has 2 aliphatic heterocycles. The summed E-state index contributed by atoms with van der Waals surface area (Å²) in [6.07, 6.45) is 2.81. The van der Waals surface area contributed by atoms with Crippen LogP contribution in [0, 0.1) is 6.92 Å². The molecule has 9 heteroatoms. The average molecular weight is 397 g/mol. The minimum Gasteiger partial charge on any atom is -0.497 e. The maximum Gasteiger partial charge on any atom is 0.401 e. The molecule has 1 atom stereocenters. The van der Waals surface area contributed by atoms with Gasteiger partial charge in [0.15, 0.2) is 0 Å². The molecule has 1 aromatic heterocycles. The molecule has 29 heavy (non-hydrogen) atoms. The number of nitrogens with zero attached hydrogens (tertiary/aromatic N) is 5. The predicted molar refractivity (Wildman–Crippen MR) is 108 cm³/mol. The normalized spacial score (nSPS) is 17.9. The maximum atomic E-state index is 12.7. The van der Waals surface area contributed by atoms with Gasteiger partial charge in [0, 0.05) is 26.3 Å². The van der Waals surface area contributed by atoms with Crippen LogP contribution in [-0.4, -0.2) is 59.9 Å². The predicted octanol–water partition coefficient (Wildman–Crippen LogP) is 1.70. The number of fused-ring (bicyclic) bond motifs is 3. The first kappa shape index (κ1) is 19.0. The Hall–Kier alpha value is -3.36. The summed E-state index contributed by atoms with van der Waals surface area (Å²) in [6.45, 7) is 3.55. The number of anilines is 1. The topological polar surface area (TPSA) is 83.0 Å². The molecule has 2 aliphatic rings. The van der Waals surface area contributed by atoms with Crippen LogP contribution in [0.1, 0.15) is 18.2 Å². The molecule has 3 amide bonds. The molecule has 4 rings (SSSR count). The van der Waals surface area contributed by atoms with Gasteiger partial charge in [-0.25, -0.2) is 13.9 Å². The van der Waals surface area contributed by atoms with E-state index in [0.29, 0.717) is 11.8 Å². The van der Waals surface area contributed by atoms with Crippen LogP contribution < -0.4 is 14.6 Å². The van der Waals surface area contributed by atoms with E-state index in [0.717, 1.165) is 41.5 Å². The summed E-state index contributed by atoms with van der Waals surface area (Å²) < 4.78 is 9.13. The van der Waals surface area contributed by atoms with Crippen molar-refractivity contribution in [3.05, 3.63) is 36.2 Å². The van der Waals surface area contributed by atoms with E-state index in [4.69, 9.17) is 4.74 Å². The second kappa shape index (κ2) is 7.23. The lowest BCUT2D eigenvalue weighted by atomic mass is 10.2. The van der Waals surface area contributed by atoms with E-state index in [1.165, 1.54) is 11.9 Å². The molecule has 1 saturated heterocycles. The minimum absolute atomic E-state index is 0.256. The molecule has 0 radical (unpaired) electrons. The van der Waals surface area contributed by atoms with Crippen molar-refractivity contribution in [2.75, 3.05) is 33.1 Å². The average Bonchev–Trinajstić information content (AvgIpc) is 3.23. The number of carbonyl (C=O) groups excluding carboxylic acids is 2. The highest BCUT2D eigenvalue weighted by Crippen LogP contribution is 2.28. The molecular weight excluding hydrogens is 372 g/mol. The second-order valence-corrected chi connectivity index (χ2v) is 7.25. The number of hydrogen-bond donors (Lipinski definition) is 1. The van der Waals surface area contributed by atoms with Crippen LogP contribution in [0.5, 0.6) is 5.75 Å². The second-order valence-electron chi connectivity index (χ2n) is 7.25. The quantitative estimate of drug-likeness (QED) is 0.594. The zero-order chi connectivity index (χ0) is 20.7. The van der Waals surface area contributed by atoms with Gasteiger partial charge in [-0.3, -0.25) is 14.6 Å². The molecule has 152 valence electrons. The summed E-state index contributed by atoms with van der Waals surface area (Å²) in [4.78, 5) is 32.1. The molecule has 9 nitrogen and oxygen atoms in total. The van der Waals surface area contributed by atoms with Crippen molar-refractivity contribution in [1.29, 1.82) is 0 Å². The van der Waals surface area contributed by atoms with E-state index in [2.05, 4.69) is 14.9 Å². The highest BCUT2D eigenvalue weighted by atomic mass is 16.5. The van der Waals surface area contributed by atoms with E-state index in [1.54, 1.807) is 14.2 Å². The number of amidine groups is 1. The van der Waals surface area contributed by atoms with Crippen LogP contribution in [0.4, 0.5) is 16.4 Å². The highest BCUT2D eigenvalue weighted by molar-refractivity contribution is 6.18. The van der Waals surface area contributed by atoms with Gasteiger partial charge in [-0.15, -0.1) is 0 Å². The van der Waals surface area contributed by atoms with E-state index < -0.39 is 6.04 Å². The molecule has 1 fully saturated rings. The van der Waals surface area contributed by atoms with Crippen LogP contribution in [-0.2, 0) is 11.3 Å². The van der Waals surface area contributed by atoms with Crippen molar-refractivity contribution in [2.45, 2.75) is 25.9 Å². The number of nitrogens with one attached hydrogen (secondary N) is 1. The maximum absolute atomic E-state index is 12.7. The molecule has 1 aromatic carbocycles. The summed E-state index contributed by atoms with van der Waals surface area (Å²) >= 11 is 0. The van der Waals surface area contributed by atoms with Crippen molar-refractivity contribution < 1.29 is 18.9 Å². The number of benzene rings is 1. The van der Waals surface area contributed by atoms with Gasteiger partial charge < -0.3 is 10.1 Å². The fourth-order valence-electron chi connectivity index (χ4n) is 3.77. The fraction of sp³-hybridized carbons (Fsp3) is 0.400. The van der Waals surface area contributed by atoms with Gasteiger partial charge in [0.1, 0.15) is 17.6 Å². The van der Waals surface area contributed by atoms with Crippen LogP contribution in [0.3, 0.4) is 0 Å². The molecule has 1 unspecified atom stereocenters. The first-order valence-corrected chi connectivity index (χ1v) is 9.55.